The van der Waals surface area contributed by atoms with Crippen LogP contribution in [0.3, 0.4) is 0 Å². The monoisotopic (exact) mass is 474 g/mol. The van der Waals surface area contributed by atoms with Gasteiger partial charge in [0.1, 0.15) is 0 Å². The highest BCUT2D eigenvalue weighted by Crippen LogP contribution is 2.37. The summed E-state index contributed by atoms with van der Waals surface area (Å²) in [5.41, 5.74) is 3.37. The number of nitrogens with zero attached hydrogens (tertiary/aromatic N) is 1. The molecule has 32 heavy (non-hydrogen) atoms. The Kier molecular flexibility index (Phi) is 8.90. The fraction of sp³-hybridized carbons (Fsp3) is 0.333. The van der Waals surface area contributed by atoms with Gasteiger partial charge in [0.25, 0.3) is 5.91 Å². The zero-order valence-electron chi connectivity index (χ0n) is 18.4. The molecule has 0 saturated carbocycles. The van der Waals surface area contributed by atoms with Crippen LogP contribution in [-0.4, -0.2) is 37.8 Å². The van der Waals surface area contributed by atoms with E-state index >= 15 is 0 Å². The van der Waals surface area contributed by atoms with Crippen LogP contribution in [0.1, 0.15) is 36.2 Å². The number of aromatic nitrogens is 1. The first kappa shape index (κ1) is 24.0. The number of hydrogen-bond donors (Lipinski definition) is 1. The molecule has 6 nitrogen and oxygen atoms in total. The number of anilines is 1. The largest absolute Gasteiger partial charge is 0.490 e. The summed E-state index contributed by atoms with van der Waals surface area (Å²) in [5.74, 6) is 0.593. The molecule has 3 rings (SSSR count). The van der Waals surface area contributed by atoms with Crippen LogP contribution in [0.2, 0.25) is 5.02 Å². The van der Waals surface area contributed by atoms with Gasteiger partial charge < -0.3 is 14.2 Å². The molecule has 0 radical (unpaired) electrons. The molecule has 0 bridgehead atoms. The van der Waals surface area contributed by atoms with E-state index < -0.39 is 0 Å². The van der Waals surface area contributed by atoms with Gasteiger partial charge in [-0.1, -0.05) is 42.8 Å². The third-order valence-corrected chi connectivity index (χ3v) is 5.63. The standard InChI is InChI=1S/C24H27ClN2O4S/c1-4-11-31-22-19(25)13-18(14-21(22)30-5-2)23(28)27-24-26-20(15-32-24)17-8-6-16(7-9-17)10-12-29-3/h6-9,13-15H,4-5,10-12H2,1-3H3,(H,26,27,28). The molecule has 8 heteroatoms. The second-order valence-corrected chi connectivity index (χ2v) is 8.26. The molecular weight excluding hydrogens is 448 g/mol. The van der Waals surface area contributed by atoms with E-state index in [1.807, 2.05) is 31.4 Å². The summed E-state index contributed by atoms with van der Waals surface area (Å²) in [4.78, 5) is 17.4. The lowest BCUT2D eigenvalue weighted by Gasteiger charge is -2.14. The minimum atomic E-state index is -0.314. The molecule has 0 unspecified atom stereocenters. The maximum atomic E-state index is 12.8. The molecule has 2 aromatic carbocycles. The third-order valence-electron chi connectivity index (χ3n) is 4.59. The summed E-state index contributed by atoms with van der Waals surface area (Å²) in [5, 5.41) is 5.60. The van der Waals surface area contributed by atoms with E-state index in [9.17, 15) is 4.79 Å². The quantitative estimate of drug-likeness (QED) is 0.364. The van der Waals surface area contributed by atoms with Crippen molar-refractivity contribution < 1.29 is 19.0 Å². The lowest BCUT2D eigenvalue weighted by molar-refractivity contribution is 0.102. The normalized spacial score (nSPS) is 10.8. The summed E-state index contributed by atoms with van der Waals surface area (Å²) < 4.78 is 16.5. The van der Waals surface area contributed by atoms with Crippen molar-refractivity contribution in [3.05, 3.63) is 57.9 Å². The summed E-state index contributed by atoms with van der Waals surface area (Å²) in [6.45, 7) is 5.51. The topological polar surface area (TPSA) is 69.7 Å². The van der Waals surface area contributed by atoms with Crippen LogP contribution < -0.4 is 14.8 Å². The highest BCUT2D eigenvalue weighted by atomic mass is 35.5. The Hall–Kier alpha value is -2.61. The number of methoxy groups -OCH3 is 1. The SMILES string of the molecule is CCCOc1c(Cl)cc(C(=O)Nc2nc(-c3ccc(CCOC)cc3)cs2)cc1OCC. The highest BCUT2D eigenvalue weighted by Gasteiger charge is 2.17. The van der Waals surface area contributed by atoms with Crippen molar-refractivity contribution in [2.45, 2.75) is 26.7 Å². The molecule has 0 aliphatic heterocycles. The van der Waals surface area contributed by atoms with Gasteiger partial charge >= 0.3 is 0 Å². The van der Waals surface area contributed by atoms with Gasteiger partial charge in [0.15, 0.2) is 16.6 Å². The zero-order chi connectivity index (χ0) is 22.9. The van der Waals surface area contributed by atoms with Gasteiger partial charge in [-0.15, -0.1) is 11.3 Å². The van der Waals surface area contributed by atoms with Crippen LogP contribution in [0.4, 0.5) is 5.13 Å². The Morgan fingerprint density at radius 2 is 1.91 bits per heavy atom. The maximum Gasteiger partial charge on any atom is 0.257 e. The van der Waals surface area contributed by atoms with E-state index in [4.69, 9.17) is 25.8 Å². The van der Waals surface area contributed by atoms with E-state index in [1.54, 1.807) is 19.2 Å². The number of carbonyl (C=O) groups excluding carboxylic acids is 1. The van der Waals surface area contributed by atoms with Crippen molar-refractivity contribution in [2.24, 2.45) is 0 Å². The average molecular weight is 475 g/mol. The molecule has 170 valence electrons. The first-order chi connectivity index (χ1) is 15.5. The van der Waals surface area contributed by atoms with E-state index in [1.165, 1.54) is 16.9 Å². The van der Waals surface area contributed by atoms with Gasteiger partial charge in [-0.25, -0.2) is 4.98 Å². The second-order valence-electron chi connectivity index (χ2n) is 7.00. The van der Waals surface area contributed by atoms with Crippen LogP contribution in [0.5, 0.6) is 11.5 Å². The molecular formula is C24H27ClN2O4S. The number of carbonyl (C=O) groups is 1. The van der Waals surface area contributed by atoms with Crippen molar-refractivity contribution >= 4 is 34.0 Å². The van der Waals surface area contributed by atoms with Crippen LogP contribution in [0, 0.1) is 0 Å². The Labute approximate surface area is 197 Å². The minimum absolute atomic E-state index is 0.314. The summed E-state index contributed by atoms with van der Waals surface area (Å²) in [6, 6.07) is 11.4. The van der Waals surface area contributed by atoms with Gasteiger partial charge in [0.05, 0.1) is 30.5 Å². The van der Waals surface area contributed by atoms with Crippen molar-refractivity contribution in [1.82, 2.24) is 4.98 Å². The first-order valence-electron chi connectivity index (χ1n) is 10.5. The van der Waals surface area contributed by atoms with Crippen molar-refractivity contribution in [3.8, 4) is 22.8 Å². The van der Waals surface area contributed by atoms with Crippen LogP contribution in [-0.2, 0) is 11.2 Å². The summed E-state index contributed by atoms with van der Waals surface area (Å²) in [6.07, 6.45) is 1.70. The average Bonchev–Trinajstić information content (AvgIpc) is 3.26. The molecule has 1 amide bonds. The second kappa shape index (κ2) is 11.9. The van der Waals surface area contributed by atoms with E-state index in [0.717, 1.165) is 24.1 Å². The van der Waals surface area contributed by atoms with Crippen LogP contribution in [0.25, 0.3) is 11.3 Å². The molecule has 0 aliphatic rings. The predicted molar refractivity (Wildman–Crippen MR) is 129 cm³/mol. The first-order valence-corrected chi connectivity index (χ1v) is 11.8. The van der Waals surface area contributed by atoms with Gasteiger partial charge in [-0.3, -0.25) is 10.1 Å². The lowest BCUT2D eigenvalue weighted by Crippen LogP contribution is -2.12. The number of halogens is 1. The van der Waals surface area contributed by atoms with Crippen molar-refractivity contribution in [1.29, 1.82) is 0 Å². The predicted octanol–water partition coefficient (Wildman–Crippen LogP) is 6.09. The van der Waals surface area contributed by atoms with Crippen molar-refractivity contribution in [3.63, 3.8) is 0 Å². The maximum absolute atomic E-state index is 12.8. The number of benzene rings is 2. The Morgan fingerprint density at radius 1 is 1.12 bits per heavy atom. The number of rotatable bonds is 11. The van der Waals surface area contributed by atoms with Gasteiger partial charge in [-0.2, -0.15) is 0 Å². The molecule has 3 aromatic rings. The number of amides is 1. The Bertz CT molecular complexity index is 1040. The molecule has 0 fully saturated rings. The van der Waals surface area contributed by atoms with Crippen molar-refractivity contribution in [2.75, 3.05) is 32.2 Å². The fourth-order valence-electron chi connectivity index (χ4n) is 3.00. The number of nitrogens with one attached hydrogen (secondary N) is 1. The summed E-state index contributed by atoms with van der Waals surface area (Å²) in [7, 11) is 1.69. The third kappa shape index (κ3) is 6.22. The van der Waals surface area contributed by atoms with E-state index in [2.05, 4.69) is 22.4 Å². The molecule has 1 aromatic heterocycles. The molecule has 0 saturated heterocycles. The fourth-order valence-corrected chi connectivity index (χ4v) is 3.98. The van der Waals surface area contributed by atoms with Crippen LogP contribution >= 0.6 is 22.9 Å². The molecule has 0 spiro atoms. The molecule has 1 N–H and O–H groups in total. The molecule has 0 atom stereocenters. The number of hydrogen-bond acceptors (Lipinski definition) is 6. The van der Waals surface area contributed by atoms with E-state index in [-0.39, 0.29) is 5.91 Å². The Balaban J connectivity index is 1.73. The van der Waals surface area contributed by atoms with Gasteiger partial charge in [0, 0.05) is 23.6 Å². The lowest BCUT2D eigenvalue weighted by atomic mass is 10.1. The van der Waals surface area contributed by atoms with Crippen LogP contribution in [0.15, 0.2) is 41.8 Å². The smallest absolute Gasteiger partial charge is 0.257 e. The molecule has 0 aliphatic carbocycles. The molecule has 1 heterocycles. The number of ether oxygens (including phenoxy) is 3. The van der Waals surface area contributed by atoms with Gasteiger partial charge in [0.2, 0.25) is 0 Å². The summed E-state index contributed by atoms with van der Waals surface area (Å²) >= 11 is 7.74. The van der Waals surface area contributed by atoms with E-state index in [0.29, 0.717) is 47.0 Å². The van der Waals surface area contributed by atoms with Gasteiger partial charge in [-0.05, 0) is 37.5 Å². The number of thiazole rings is 1. The zero-order valence-corrected chi connectivity index (χ0v) is 20.0. The highest BCUT2D eigenvalue weighted by molar-refractivity contribution is 7.14. The Morgan fingerprint density at radius 3 is 2.59 bits per heavy atom. The minimum Gasteiger partial charge on any atom is -0.490 e.